The van der Waals surface area contributed by atoms with Gasteiger partial charge in [0.15, 0.2) is 0 Å². The zero-order valence-corrected chi connectivity index (χ0v) is 6.54. The Kier molecular flexibility index (Phi) is 2.38. The molecule has 0 aliphatic rings. The van der Waals surface area contributed by atoms with Crippen molar-refractivity contribution in [3.63, 3.8) is 0 Å². The van der Waals surface area contributed by atoms with Gasteiger partial charge in [-0.3, -0.25) is 4.79 Å². The summed E-state index contributed by atoms with van der Waals surface area (Å²) < 4.78 is 12.6. The number of aromatic nitrogens is 1. The second kappa shape index (κ2) is 3.30. The third-order valence-electron chi connectivity index (χ3n) is 1.32. The Balaban J connectivity index is 2.93. The minimum Gasteiger partial charge on any atom is -0.481 e. The van der Waals surface area contributed by atoms with Crippen LogP contribution in [0.2, 0.25) is 0 Å². The summed E-state index contributed by atoms with van der Waals surface area (Å²) in [5, 5.41) is 8.39. The molecule has 0 saturated carbocycles. The third-order valence-corrected chi connectivity index (χ3v) is 1.32. The number of aliphatic carboxylic acids is 1. The van der Waals surface area contributed by atoms with Crippen LogP contribution < -0.4 is 0 Å². The first-order valence-electron chi connectivity index (χ1n) is 3.43. The van der Waals surface area contributed by atoms with E-state index in [9.17, 15) is 9.18 Å². The van der Waals surface area contributed by atoms with Gasteiger partial charge in [0, 0.05) is 0 Å². The zero-order chi connectivity index (χ0) is 9.14. The number of pyridine rings is 1. The number of aryl methyl sites for hydroxylation is 1. The van der Waals surface area contributed by atoms with Crippen LogP contribution in [0.15, 0.2) is 12.1 Å². The molecule has 1 aromatic rings. The van der Waals surface area contributed by atoms with Crippen LogP contribution in [0.3, 0.4) is 0 Å². The lowest BCUT2D eigenvalue weighted by molar-refractivity contribution is -0.136. The average molecular weight is 169 g/mol. The summed E-state index contributed by atoms with van der Waals surface area (Å²) in [4.78, 5) is 13.7. The summed E-state index contributed by atoms with van der Waals surface area (Å²) in [6, 6.07) is 2.81. The van der Waals surface area contributed by atoms with Gasteiger partial charge in [-0.05, 0) is 24.6 Å². The summed E-state index contributed by atoms with van der Waals surface area (Å²) in [5.74, 6) is -1.64. The van der Waals surface area contributed by atoms with Crippen molar-refractivity contribution in [3.05, 3.63) is 29.3 Å². The van der Waals surface area contributed by atoms with Crippen molar-refractivity contribution in [2.24, 2.45) is 0 Å². The van der Waals surface area contributed by atoms with Crippen molar-refractivity contribution in [2.45, 2.75) is 13.3 Å². The van der Waals surface area contributed by atoms with E-state index in [4.69, 9.17) is 5.11 Å². The summed E-state index contributed by atoms with van der Waals surface area (Å²) in [6.45, 7) is 1.69. The molecular weight excluding hydrogens is 161 g/mol. The molecule has 1 rings (SSSR count). The lowest BCUT2D eigenvalue weighted by atomic mass is 10.2. The van der Waals surface area contributed by atoms with Crippen LogP contribution >= 0.6 is 0 Å². The molecule has 1 aromatic heterocycles. The van der Waals surface area contributed by atoms with Gasteiger partial charge in [-0.2, -0.15) is 4.39 Å². The van der Waals surface area contributed by atoms with Gasteiger partial charge in [0.2, 0.25) is 5.95 Å². The van der Waals surface area contributed by atoms with E-state index in [1.807, 2.05) is 0 Å². The molecule has 12 heavy (non-hydrogen) atoms. The molecule has 0 saturated heterocycles. The molecule has 1 N–H and O–H groups in total. The number of hydrogen-bond donors (Lipinski definition) is 1. The fourth-order valence-electron chi connectivity index (χ4n) is 0.940. The van der Waals surface area contributed by atoms with Crippen LogP contribution in [0.1, 0.15) is 11.3 Å². The van der Waals surface area contributed by atoms with Crippen LogP contribution in [-0.4, -0.2) is 16.1 Å². The zero-order valence-electron chi connectivity index (χ0n) is 6.54. The Labute approximate surface area is 68.9 Å². The van der Waals surface area contributed by atoms with Gasteiger partial charge in [-0.25, -0.2) is 4.98 Å². The van der Waals surface area contributed by atoms with Gasteiger partial charge in [-0.1, -0.05) is 0 Å². The molecule has 0 bridgehead atoms. The van der Waals surface area contributed by atoms with Crippen molar-refractivity contribution in [1.29, 1.82) is 0 Å². The van der Waals surface area contributed by atoms with Gasteiger partial charge in [-0.15, -0.1) is 0 Å². The minimum absolute atomic E-state index is 0.238. The Hall–Kier alpha value is -1.45. The largest absolute Gasteiger partial charge is 0.481 e. The highest BCUT2D eigenvalue weighted by Crippen LogP contribution is 2.04. The number of carboxylic acid groups (broad SMARTS) is 1. The number of carboxylic acids is 1. The molecular formula is C8H8FNO2. The lowest BCUT2D eigenvalue weighted by Gasteiger charge is -1.97. The molecule has 64 valence electrons. The molecule has 0 amide bonds. The molecule has 0 aromatic carbocycles. The first kappa shape index (κ1) is 8.64. The first-order valence-corrected chi connectivity index (χ1v) is 3.43. The first-order chi connectivity index (χ1) is 5.58. The monoisotopic (exact) mass is 169 g/mol. The molecule has 0 unspecified atom stereocenters. The summed E-state index contributed by atoms with van der Waals surface area (Å²) in [5.41, 5.74) is 0.929. The molecule has 0 fully saturated rings. The standard InChI is InChI=1S/C8H8FNO2/c1-5-2-6(4-8(11)12)10-7(9)3-5/h2-3H,4H2,1H3,(H,11,12). The number of hydrogen-bond acceptors (Lipinski definition) is 2. The van der Waals surface area contributed by atoms with Gasteiger partial charge < -0.3 is 5.11 Å². The van der Waals surface area contributed by atoms with E-state index in [1.165, 1.54) is 6.07 Å². The van der Waals surface area contributed by atoms with Crippen molar-refractivity contribution >= 4 is 5.97 Å². The number of halogens is 1. The average Bonchev–Trinajstić information content (AvgIpc) is 1.81. The summed E-state index contributed by atoms with van der Waals surface area (Å²) in [7, 11) is 0. The summed E-state index contributed by atoms with van der Waals surface area (Å²) >= 11 is 0. The maximum absolute atomic E-state index is 12.6. The van der Waals surface area contributed by atoms with Gasteiger partial charge in [0.1, 0.15) is 0 Å². The van der Waals surface area contributed by atoms with E-state index in [-0.39, 0.29) is 12.1 Å². The van der Waals surface area contributed by atoms with E-state index >= 15 is 0 Å². The van der Waals surface area contributed by atoms with E-state index in [1.54, 1.807) is 13.0 Å². The van der Waals surface area contributed by atoms with Crippen LogP contribution in [0.5, 0.6) is 0 Å². The van der Waals surface area contributed by atoms with E-state index < -0.39 is 11.9 Å². The Morgan fingerprint density at radius 3 is 2.83 bits per heavy atom. The van der Waals surface area contributed by atoms with Crippen molar-refractivity contribution < 1.29 is 14.3 Å². The Morgan fingerprint density at radius 1 is 1.67 bits per heavy atom. The quantitative estimate of drug-likeness (QED) is 0.676. The Morgan fingerprint density at radius 2 is 2.33 bits per heavy atom. The molecule has 0 radical (unpaired) electrons. The lowest BCUT2D eigenvalue weighted by Crippen LogP contribution is -2.03. The second-order valence-electron chi connectivity index (χ2n) is 2.53. The molecule has 0 spiro atoms. The van der Waals surface area contributed by atoms with Crippen molar-refractivity contribution in [3.8, 4) is 0 Å². The number of carbonyl (C=O) groups is 1. The number of nitrogens with zero attached hydrogens (tertiary/aromatic N) is 1. The molecule has 0 atom stereocenters. The van der Waals surface area contributed by atoms with Gasteiger partial charge >= 0.3 is 5.97 Å². The van der Waals surface area contributed by atoms with Gasteiger partial charge in [0.25, 0.3) is 0 Å². The maximum Gasteiger partial charge on any atom is 0.309 e. The highest BCUT2D eigenvalue weighted by Gasteiger charge is 2.03. The highest BCUT2D eigenvalue weighted by molar-refractivity contribution is 5.69. The van der Waals surface area contributed by atoms with Crippen LogP contribution in [0.25, 0.3) is 0 Å². The molecule has 1 heterocycles. The topological polar surface area (TPSA) is 50.2 Å². The van der Waals surface area contributed by atoms with Crippen molar-refractivity contribution in [1.82, 2.24) is 4.98 Å². The SMILES string of the molecule is Cc1cc(F)nc(CC(=O)O)c1. The van der Waals surface area contributed by atoms with E-state index in [0.717, 1.165) is 0 Å². The fourth-order valence-corrected chi connectivity index (χ4v) is 0.940. The second-order valence-corrected chi connectivity index (χ2v) is 2.53. The third kappa shape index (κ3) is 2.30. The van der Waals surface area contributed by atoms with Crippen LogP contribution in [-0.2, 0) is 11.2 Å². The smallest absolute Gasteiger partial charge is 0.309 e. The van der Waals surface area contributed by atoms with Crippen LogP contribution in [0, 0.1) is 12.9 Å². The van der Waals surface area contributed by atoms with Crippen LogP contribution in [0.4, 0.5) is 4.39 Å². The number of rotatable bonds is 2. The van der Waals surface area contributed by atoms with E-state index in [0.29, 0.717) is 5.56 Å². The molecule has 4 heteroatoms. The fraction of sp³-hybridized carbons (Fsp3) is 0.250. The predicted octanol–water partition coefficient (Wildman–Crippen LogP) is 1.16. The molecule has 0 aliphatic carbocycles. The highest BCUT2D eigenvalue weighted by atomic mass is 19.1. The normalized spacial score (nSPS) is 9.83. The maximum atomic E-state index is 12.6. The van der Waals surface area contributed by atoms with Gasteiger partial charge in [0.05, 0.1) is 12.1 Å². The van der Waals surface area contributed by atoms with Crippen molar-refractivity contribution in [2.75, 3.05) is 0 Å². The predicted molar refractivity (Wildman–Crippen MR) is 40.3 cm³/mol. The summed E-state index contributed by atoms with van der Waals surface area (Å²) in [6.07, 6.45) is -0.238. The molecule has 0 aliphatic heterocycles. The van der Waals surface area contributed by atoms with E-state index in [2.05, 4.69) is 4.98 Å². The minimum atomic E-state index is -1.01. The molecule has 3 nitrogen and oxygen atoms in total. The Bertz CT molecular complexity index is 292.